The van der Waals surface area contributed by atoms with Gasteiger partial charge in [-0.2, -0.15) is 0 Å². The average Bonchev–Trinajstić information content (AvgIpc) is 2.77. The molecule has 0 saturated carbocycles. The van der Waals surface area contributed by atoms with Crippen molar-refractivity contribution in [1.82, 2.24) is 0 Å². The normalized spacial score (nSPS) is 10.8. The molecule has 0 atom stereocenters. The van der Waals surface area contributed by atoms with E-state index in [1.807, 2.05) is 31.2 Å². The van der Waals surface area contributed by atoms with E-state index in [1.54, 1.807) is 7.11 Å². The summed E-state index contributed by atoms with van der Waals surface area (Å²) in [5, 5.41) is 2.37. The summed E-state index contributed by atoms with van der Waals surface area (Å²) in [6, 6.07) is 24.7. The number of carbonyl (C=O) groups is 1. The van der Waals surface area contributed by atoms with Crippen LogP contribution in [0.3, 0.4) is 0 Å². The second-order valence-corrected chi connectivity index (χ2v) is 7.41. The van der Waals surface area contributed by atoms with Crippen molar-refractivity contribution in [2.24, 2.45) is 0 Å². The standard InChI is InChI=1S/C27H24O3/c1-17-15-20(27(28)30-4)11-13-22(17)24-9-5-7-19-8-6-10-25(26(19)24)23-14-12-21(29-3)16-18(23)2/h5-16H,1-4H3. The highest BCUT2D eigenvalue weighted by molar-refractivity contribution is 6.07. The molecule has 0 heterocycles. The molecule has 4 aromatic rings. The Hall–Kier alpha value is -3.59. The molecule has 4 rings (SSSR count). The summed E-state index contributed by atoms with van der Waals surface area (Å²) in [7, 11) is 3.09. The Morgan fingerprint density at radius 3 is 1.83 bits per heavy atom. The lowest BCUT2D eigenvalue weighted by atomic mass is 9.88. The highest BCUT2D eigenvalue weighted by Crippen LogP contribution is 2.39. The minimum atomic E-state index is -0.322. The van der Waals surface area contributed by atoms with Gasteiger partial charge in [-0.15, -0.1) is 0 Å². The molecule has 0 aliphatic rings. The topological polar surface area (TPSA) is 35.5 Å². The first-order chi connectivity index (χ1) is 14.5. The maximum absolute atomic E-state index is 11.9. The van der Waals surface area contributed by atoms with Crippen LogP contribution in [0.5, 0.6) is 5.75 Å². The van der Waals surface area contributed by atoms with E-state index < -0.39 is 0 Å². The number of rotatable bonds is 4. The van der Waals surface area contributed by atoms with Crippen LogP contribution in [0.1, 0.15) is 21.5 Å². The van der Waals surface area contributed by atoms with Crippen LogP contribution in [0, 0.1) is 13.8 Å². The molecular formula is C27H24O3. The van der Waals surface area contributed by atoms with Crippen molar-refractivity contribution in [2.45, 2.75) is 13.8 Å². The van der Waals surface area contributed by atoms with Gasteiger partial charge in [0.2, 0.25) is 0 Å². The second kappa shape index (κ2) is 8.03. The molecule has 0 spiro atoms. The summed E-state index contributed by atoms with van der Waals surface area (Å²) in [6.07, 6.45) is 0. The van der Waals surface area contributed by atoms with Crippen molar-refractivity contribution in [1.29, 1.82) is 0 Å². The van der Waals surface area contributed by atoms with Crippen molar-refractivity contribution in [3.05, 3.63) is 89.5 Å². The third-order valence-electron chi connectivity index (χ3n) is 5.57. The predicted molar refractivity (Wildman–Crippen MR) is 122 cm³/mol. The van der Waals surface area contributed by atoms with E-state index >= 15 is 0 Å². The molecular weight excluding hydrogens is 372 g/mol. The van der Waals surface area contributed by atoms with Crippen LogP contribution in [-0.2, 0) is 4.74 Å². The van der Waals surface area contributed by atoms with Gasteiger partial charge in [-0.3, -0.25) is 0 Å². The van der Waals surface area contributed by atoms with Gasteiger partial charge < -0.3 is 9.47 Å². The molecule has 0 saturated heterocycles. The number of hydrogen-bond donors (Lipinski definition) is 0. The Morgan fingerprint density at radius 2 is 1.30 bits per heavy atom. The lowest BCUT2D eigenvalue weighted by molar-refractivity contribution is 0.0600. The van der Waals surface area contributed by atoms with Gasteiger partial charge in [-0.25, -0.2) is 4.79 Å². The van der Waals surface area contributed by atoms with Gasteiger partial charge in [-0.05, 0) is 82.3 Å². The first-order valence-electron chi connectivity index (χ1n) is 9.89. The molecule has 30 heavy (non-hydrogen) atoms. The van der Waals surface area contributed by atoms with Gasteiger partial charge in [-0.1, -0.05) is 48.5 Å². The molecule has 0 radical (unpaired) electrons. The Kier molecular flexibility index (Phi) is 5.28. The van der Waals surface area contributed by atoms with Crippen LogP contribution >= 0.6 is 0 Å². The van der Waals surface area contributed by atoms with E-state index in [-0.39, 0.29) is 5.97 Å². The van der Waals surface area contributed by atoms with Crippen molar-refractivity contribution < 1.29 is 14.3 Å². The lowest BCUT2D eigenvalue weighted by Crippen LogP contribution is -2.01. The van der Waals surface area contributed by atoms with E-state index in [0.29, 0.717) is 5.56 Å². The van der Waals surface area contributed by atoms with Gasteiger partial charge >= 0.3 is 5.97 Å². The zero-order chi connectivity index (χ0) is 21.3. The number of esters is 1. The fourth-order valence-electron chi connectivity index (χ4n) is 4.07. The summed E-state index contributed by atoms with van der Waals surface area (Å²) in [5.41, 5.74) is 7.36. The molecule has 3 heteroatoms. The van der Waals surface area contributed by atoms with Crippen LogP contribution in [0.15, 0.2) is 72.8 Å². The number of fused-ring (bicyclic) bond motifs is 1. The molecule has 0 aliphatic carbocycles. The summed E-state index contributed by atoms with van der Waals surface area (Å²) < 4.78 is 10.3. The first-order valence-corrected chi connectivity index (χ1v) is 9.89. The predicted octanol–water partition coefficient (Wildman–Crippen LogP) is 6.59. The molecule has 4 aromatic carbocycles. The zero-order valence-electron chi connectivity index (χ0n) is 17.7. The molecule has 0 amide bonds. The lowest BCUT2D eigenvalue weighted by Gasteiger charge is -2.16. The molecule has 0 aliphatic heterocycles. The number of benzene rings is 4. The monoisotopic (exact) mass is 396 g/mol. The van der Waals surface area contributed by atoms with E-state index in [9.17, 15) is 4.79 Å². The second-order valence-electron chi connectivity index (χ2n) is 7.41. The Labute approximate surface area is 176 Å². The molecule has 3 nitrogen and oxygen atoms in total. The van der Waals surface area contributed by atoms with Crippen LogP contribution in [0.2, 0.25) is 0 Å². The van der Waals surface area contributed by atoms with Gasteiger partial charge in [0.15, 0.2) is 0 Å². The Balaban J connectivity index is 1.96. The summed E-state index contributed by atoms with van der Waals surface area (Å²) >= 11 is 0. The van der Waals surface area contributed by atoms with E-state index in [4.69, 9.17) is 9.47 Å². The number of carbonyl (C=O) groups excluding carboxylic acids is 1. The van der Waals surface area contributed by atoms with Crippen LogP contribution in [-0.4, -0.2) is 20.2 Å². The number of hydrogen-bond acceptors (Lipinski definition) is 3. The maximum atomic E-state index is 11.9. The largest absolute Gasteiger partial charge is 0.497 e. The highest BCUT2D eigenvalue weighted by atomic mass is 16.5. The van der Waals surface area contributed by atoms with E-state index in [0.717, 1.165) is 28.0 Å². The molecule has 0 unspecified atom stereocenters. The van der Waals surface area contributed by atoms with Gasteiger partial charge in [0, 0.05) is 0 Å². The molecule has 0 bridgehead atoms. The quantitative estimate of drug-likeness (QED) is 0.365. The number of ether oxygens (including phenoxy) is 2. The minimum absolute atomic E-state index is 0.322. The van der Waals surface area contributed by atoms with Gasteiger partial charge in [0.25, 0.3) is 0 Å². The van der Waals surface area contributed by atoms with Crippen molar-refractivity contribution >= 4 is 16.7 Å². The fourth-order valence-corrected chi connectivity index (χ4v) is 4.07. The van der Waals surface area contributed by atoms with Crippen LogP contribution < -0.4 is 4.74 Å². The zero-order valence-corrected chi connectivity index (χ0v) is 17.7. The third kappa shape index (κ3) is 3.43. The molecule has 0 fully saturated rings. The highest BCUT2D eigenvalue weighted by Gasteiger charge is 2.15. The molecule has 150 valence electrons. The fraction of sp³-hybridized carbons (Fsp3) is 0.148. The summed E-state index contributed by atoms with van der Waals surface area (Å²) in [4.78, 5) is 11.9. The Morgan fingerprint density at radius 1 is 0.700 bits per heavy atom. The average molecular weight is 396 g/mol. The summed E-state index contributed by atoms with van der Waals surface area (Å²) in [6.45, 7) is 4.14. The molecule has 0 N–H and O–H groups in total. The van der Waals surface area contributed by atoms with Crippen molar-refractivity contribution in [2.75, 3.05) is 14.2 Å². The third-order valence-corrected chi connectivity index (χ3v) is 5.57. The van der Waals surface area contributed by atoms with Crippen molar-refractivity contribution in [3.8, 4) is 28.0 Å². The van der Waals surface area contributed by atoms with Crippen molar-refractivity contribution in [3.63, 3.8) is 0 Å². The maximum Gasteiger partial charge on any atom is 0.337 e. The Bertz CT molecular complexity index is 1250. The van der Waals surface area contributed by atoms with E-state index in [2.05, 4.69) is 55.5 Å². The number of methoxy groups -OCH3 is 2. The van der Waals surface area contributed by atoms with Gasteiger partial charge in [0.05, 0.1) is 19.8 Å². The molecule has 0 aromatic heterocycles. The SMILES string of the molecule is COC(=O)c1ccc(-c2cccc3cccc(-c4ccc(OC)cc4C)c23)c(C)c1. The smallest absolute Gasteiger partial charge is 0.337 e. The summed E-state index contributed by atoms with van der Waals surface area (Å²) in [5.74, 6) is 0.531. The first kappa shape index (κ1) is 19.7. The van der Waals surface area contributed by atoms with E-state index in [1.165, 1.54) is 29.0 Å². The van der Waals surface area contributed by atoms with Crippen LogP contribution in [0.25, 0.3) is 33.0 Å². The van der Waals surface area contributed by atoms with Crippen LogP contribution in [0.4, 0.5) is 0 Å². The van der Waals surface area contributed by atoms with Gasteiger partial charge in [0.1, 0.15) is 5.75 Å². The minimum Gasteiger partial charge on any atom is -0.497 e. The number of aryl methyl sites for hydroxylation is 2.